The van der Waals surface area contributed by atoms with E-state index in [0.717, 1.165) is 4.57 Å². The van der Waals surface area contributed by atoms with E-state index in [-0.39, 0.29) is 18.7 Å². The highest BCUT2D eigenvalue weighted by Gasteiger charge is 2.45. The number of Topliss-reactive ketones (excluding diaryl/α,β-unsaturated/α-hetero) is 1. The van der Waals surface area contributed by atoms with E-state index in [1.807, 2.05) is 0 Å². The lowest BCUT2D eigenvalue weighted by Crippen LogP contribution is -2.50. The molecule has 43 heavy (non-hydrogen) atoms. The van der Waals surface area contributed by atoms with Crippen molar-refractivity contribution in [1.29, 1.82) is 0 Å². The van der Waals surface area contributed by atoms with E-state index in [1.54, 1.807) is 42.5 Å². The molecular weight excluding hydrogens is 571 g/mol. The van der Waals surface area contributed by atoms with Crippen LogP contribution in [0.1, 0.15) is 40.9 Å². The largest absolute Gasteiger partial charge is 0.465 e. The van der Waals surface area contributed by atoms with Crippen LogP contribution in [0.3, 0.4) is 0 Å². The number of benzene rings is 2. The Kier molecular flexibility index (Phi) is 10.8. The predicted octanol–water partition coefficient (Wildman–Crippen LogP) is 4.25. The molecule has 10 nitrogen and oxygen atoms in total. The van der Waals surface area contributed by atoms with Gasteiger partial charge >= 0.3 is 18.2 Å². The quantitative estimate of drug-likeness (QED) is 0.314. The number of halogens is 3. The Morgan fingerprint density at radius 2 is 1.58 bits per heavy atom. The van der Waals surface area contributed by atoms with Crippen LogP contribution in [-0.2, 0) is 38.6 Å². The number of hydrogen-bond donors (Lipinski definition) is 2. The first-order chi connectivity index (χ1) is 20.3. The number of nitrogens with zero attached hydrogens (tertiary/aromatic N) is 1. The van der Waals surface area contributed by atoms with E-state index in [4.69, 9.17) is 4.74 Å². The molecular formula is C30H30F3N3O7. The minimum atomic E-state index is -5.17. The van der Waals surface area contributed by atoms with Gasteiger partial charge in [-0.1, -0.05) is 56.3 Å². The van der Waals surface area contributed by atoms with E-state index in [2.05, 4.69) is 15.4 Å². The van der Waals surface area contributed by atoms with Crippen LogP contribution in [0, 0.1) is 5.92 Å². The number of carbonyl (C=O) groups excluding carboxylic acids is 4. The minimum absolute atomic E-state index is 0.0840. The molecule has 2 aromatic carbocycles. The zero-order valence-corrected chi connectivity index (χ0v) is 23.6. The Labute approximate surface area is 244 Å². The number of aromatic nitrogens is 1. The second-order valence-electron chi connectivity index (χ2n) is 9.90. The minimum Gasteiger partial charge on any atom is -0.465 e. The number of methoxy groups -OCH3 is 1. The number of carbonyl (C=O) groups is 4. The standard InChI is InChI=1S/C30H30F3N3O7/c1-18(2)25(26(38)30(31,32)33)35-24(37)16-36-15-21(13-19-9-11-22(12-10-19)28(40)42-3)14-23(27(36)39)34-29(41)43-17-20-7-5-4-6-8-20/h4-12,14-15,18,25H,13,16-17H2,1-3H3,(H,34,41)(H,35,37). The van der Waals surface area contributed by atoms with Crippen LogP contribution in [-0.4, -0.2) is 47.6 Å². The lowest BCUT2D eigenvalue weighted by Gasteiger charge is -2.22. The van der Waals surface area contributed by atoms with Gasteiger partial charge in [0.25, 0.3) is 11.3 Å². The third-order valence-corrected chi connectivity index (χ3v) is 6.23. The molecule has 0 fully saturated rings. The van der Waals surface area contributed by atoms with Crippen molar-refractivity contribution in [3.8, 4) is 0 Å². The summed E-state index contributed by atoms with van der Waals surface area (Å²) in [5.41, 5.74) is 1.05. The average molecular weight is 602 g/mol. The molecule has 3 aromatic rings. The molecule has 0 saturated carbocycles. The maximum atomic E-state index is 13.2. The normalized spacial score (nSPS) is 11.9. The van der Waals surface area contributed by atoms with Crippen molar-refractivity contribution in [2.24, 2.45) is 5.92 Å². The van der Waals surface area contributed by atoms with Crippen molar-refractivity contribution in [2.45, 2.75) is 45.6 Å². The maximum absolute atomic E-state index is 13.2. The summed E-state index contributed by atoms with van der Waals surface area (Å²) in [5, 5.41) is 4.42. The van der Waals surface area contributed by atoms with Gasteiger partial charge in [-0.3, -0.25) is 19.7 Å². The number of nitrogens with one attached hydrogen (secondary N) is 2. The molecule has 0 aliphatic rings. The van der Waals surface area contributed by atoms with Crippen molar-refractivity contribution in [2.75, 3.05) is 12.4 Å². The Balaban J connectivity index is 1.88. The summed E-state index contributed by atoms with van der Waals surface area (Å²) in [6, 6.07) is 14.7. The van der Waals surface area contributed by atoms with E-state index in [1.165, 1.54) is 45.4 Å². The van der Waals surface area contributed by atoms with Gasteiger partial charge in [-0.05, 0) is 47.2 Å². The number of hydrogen-bond acceptors (Lipinski definition) is 7. The zero-order valence-electron chi connectivity index (χ0n) is 23.6. The van der Waals surface area contributed by atoms with E-state index < -0.39 is 54.0 Å². The first-order valence-electron chi connectivity index (χ1n) is 13.1. The Morgan fingerprint density at radius 1 is 0.930 bits per heavy atom. The van der Waals surface area contributed by atoms with Crippen LogP contribution in [0.2, 0.25) is 0 Å². The molecule has 1 unspecified atom stereocenters. The van der Waals surface area contributed by atoms with Crippen LogP contribution in [0.5, 0.6) is 0 Å². The zero-order chi connectivity index (χ0) is 31.7. The van der Waals surface area contributed by atoms with Gasteiger partial charge in [-0.15, -0.1) is 0 Å². The number of ketones is 1. The molecule has 2 N–H and O–H groups in total. The molecule has 1 heterocycles. The van der Waals surface area contributed by atoms with Crippen LogP contribution < -0.4 is 16.2 Å². The summed E-state index contributed by atoms with van der Waals surface area (Å²) < 4.78 is 50.0. The molecule has 0 aliphatic heterocycles. The van der Waals surface area contributed by atoms with E-state index in [0.29, 0.717) is 22.3 Å². The van der Waals surface area contributed by atoms with Gasteiger partial charge in [0.05, 0.1) is 18.7 Å². The molecule has 2 amide bonds. The molecule has 0 spiro atoms. The molecule has 1 aromatic heterocycles. The summed E-state index contributed by atoms with van der Waals surface area (Å²) in [7, 11) is 1.25. The molecule has 0 aliphatic carbocycles. The van der Waals surface area contributed by atoms with Gasteiger partial charge in [-0.25, -0.2) is 9.59 Å². The smallest absolute Gasteiger partial charge is 0.452 e. The second kappa shape index (κ2) is 14.3. The van der Waals surface area contributed by atoms with Crippen molar-refractivity contribution in [1.82, 2.24) is 9.88 Å². The fourth-order valence-electron chi connectivity index (χ4n) is 4.07. The Bertz CT molecular complexity index is 1520. The molecule has 0 saturated heterocycles. The third kappa shape index (κ3) is 9.28. The summed E-state index contributed by atoms with van der Waals surface area (Å²) in [6.45, 7) is 1.86. The lowest BCUT2D eigenvalue weighted by molar-refractivity contribution is -0.174. The molecule has 13 heteroatoms. The number of ether oxygens (including phenoxy) is 2. The van der Waals surface area contributed by atoms with Gasteiger partial charge in [0.2, 0.25) is 5.91 Å². The van der Waals surface area contributed by atoms with Crippen molar-refractivity contribution >= 4 is 29.4 Å². The fourth-order valence-corrected chi connectivity index (χ4v) is 4.07. The van der Waals surface area contributed by atoms with E-state index in [9.17, 15) is 37.1 Å². The predicted molar refractivity (Wildman–Crippen MR) is 149 cm³/mol. The Morgan fingerprint density at radius 3 is 2.16 bits per heavy atom. The number of esters is 1. The lowest BCUT2D eigenvalue weighted by atomic mass is 9.99. The first kappa shape index (κ1) is 32.6. The van der Waals surface area contributed by atoms with Crippen molar-refractivity contribution < 1.29 is 41.8 Å². The number of rotatable bonds is 11. The first-order valence-corrected chi connectivity index (χ1v) is 13.1. The molecule has 0 bridgehead atoms. The molecule has 3 rings (SSSR count). The van der Waals surface area contributed by atoms with Crippen molar-refractivity contribution in [3.63, 3.8) is 0 Å². The molecule has 1 atom stereocenters. The molecule has 228 valence electrons. The van der Waals surface area contributed by atoms with Gasteiger partial charge in [0, 0.05) is 6.20 Å². The number of amides is 2. The SMILES string of the molecule is COC(=O)c1ccc(Cc2cc(NC(=O)OCc3ccccc3)c(=O)n(CC(=O)NC(C(=O)C(F)(F)F)C(C)C)c2)cc1. The third-order valence-electron chi connectivity index (χ3n) is 6.23. The van der Waals surface area contributed by atoms with Gasteiger partial charge < -0.3 is 19.4 Å². The Hall–Kier alpha value is -4.94. The van der Waals surface area contributed by atoms with E-state index >= 15 is 0 Å². The highest BCUT2D eigenvalue weighted by atomic mass is 19.4. The fraction of sp³-hybridized carbons (Fsp3) is 0.300. The van der Waals surface area contributed by atoms with Crippen LogP contribution >= 0.6 is 0 Å². The van der Waals surface area contributed by atoms with Gasteiger partial charge in [0.1, 0.15) is 18.8 Å². The average Bonchev–Trinajstić information content (AvgIpc) is 2.96. The number of alkyl halides is 3. The van der Waals surface area contributed by atoms with Crippen molar-refractivity contribution in [3.05, 3.63) is 99.5 Å². The monoisotopic (exact) mass is 601 g/mol. The molecule has 0 radical (unpaired) electrons. The van der Waals surface area contributed by atoms with Gasteiger partial charge in [0.15, 0.2) is 0 Å². The van der Waals surface area contributed by atoms with Crippen LogP contribution in [0.25, 0.3) is 0 Å². The van der Waals surface area contributed by atoms with Crippen LogP contribution in [0.15, 0.2) is 71.7 Å². The summed E-state index contributed by atoms with van der Waals surface area (Å²) in [6.07, 6.45) is -4.63. The topological polar surface area (TPSA) is 133 Å². The summed E-state index contributed by atoms with van der Waals surface area (Å²) >= 11 is 0. The second-order valence-corrected chi connectivity index (χ2v) is 9.90. The number of pyridine rings is 1. The summed E-state index contributed by atoms with van der Waals surface area (Å²) in [4.78, 5) is 62.1. The maximum Gasteiger partial charge on any atom is 0.452 e. The van der Waals surface area contributed by atoms with Crippen LogP contribution in [0.4, 0.5) is 23.7 Å². The van der Waals surface area contributed by atoms with Gasteiger partial charge in [-0.2, -0.15) is 13.2 Å². The summed E-state index contributed by atoms with van der Waals surface area (Å²) in [5.74, 6) is -4.55. The highest BCUT2D eigenvalue weighted by molar-refractivity contribution is 5.93. The number of anilines is 1. The highest BCUT2D eigenvalue weighted by Crippen LogP contribution is 2.21.